The molecule has 2 amide bonds. The smallest absolute Gasteiger partial charge is 0.255 e. The summed E-state index contributed by atoms with van der Waals surface area (Å²) in [4.78, 5) is 42.1. The summed E-state index contributed by atoms with van der Waals surface area (Å²) >= 11 is 0. The van der Waals surface area contributed by atoms with Crippen molar-refractivity contribution < 1.29 is 9.59 Å². The third-order valence-electron chi connectivity index (χ3n) is 4.84. The number of pyridine rings is 1. The van der Waals surface area contributed by atoms with E-state index in [1.807, 2.05) is 36.4 Å². The molecular weight excluding hydrogens is 342 g/mol. The maximum atomic E-state index is 13.3. The van der Waals surface area contributed by atoms with E-state index < -0.39 is 6.04 Å². The number of aromatic nitrogens is 1. The predicted molar refractivity (Wildman–Crippen MR) is 103 cm³/mol. The number of nitrogens with one attached hydrogen (secondary N) is 2. The molecule has 6 nitrogen and oxygen atoms in total. The number of H-pyrrole nitrogens is 1. The number of para-hydroxylation sites is 1. The molecule has 6 heteroatoms. The summed E-state index contributed by atoms with van der Waals surface area (Å²) in [6.07, 6.45) is 0.430. The van der Waals surface area contributed by atoms with E-state index in [-0.39, 0.29) is 17.4 Å². The molecule has 1 aliphatic rings. The molecule has 1 aliphatic heterocycles. The van der Waals surface area contributed by atoms with Crippen molar-refractivity contribution in [2.24, 2.45) is 0 Å². The average molecular weight is 361 g/mol. The van der Waals surface area contributed by atoms with E-state index >= 15 is 0 Å². The number of amides is 2. The van der Waals surface area contributed by atoms with Gasteiger partial charge >= 0.3 is 0 Å². The van der Waals surface area contributed by atoms with Gasteiger partial charge in [-0.25, -0.2) is 0 Å². The fraction of sp³-hybridized carbons (Fsp3) is 0.190. The Morgan fingerprint density at radius 2 is 1.78 bits per heavy atom. The highest BCUT2D eigenvalue weighted by Crippen LogP contribution is 2.20. The van der Waals surface area contributed by atoms with E-state index in [2.05, 4.69) is 10.3 Å². The van der Waals surface area contributed by atoms with Crippen molar-refractivity contribution in [2.45, 2.75) is 12.5 Å². The first-order chi connectivity index (χ1) is 13.1. The third-order valence-corrected chi connectivity index (χ3v) is 4.84. The number of aromatic amines is 1. The Morgan fingerprint density at radius 1 is 1.04 bits per heavy atom. The number of rotatable bonds is 3. The van der Waals surface area contributed by atoms with Gasteiger partial charge in [-0.05, 0) is 11.6 Å². The number of carbonyl (C=O) groups is 2. The molecule has 0 saturated carbocycles. The third kappa shape index (κ3) is 3.33. The van der Waals surface area contributed by atoms with E-state index in [1.54, 1.807) is 23.1 Å². The van der Waals surface area contributed by atoms with Crippen molar-refractivity contribution in [3.63, 3.8) is 0 Å². The van der Waals surface area contributed by atoms with Crippen LogP contribution in [0.1, 0.15) is 15.9 Å². The van der Waals surface area contributed by atoms with Crippen LogP contribution in [0.4, 0.5) is 0 Å². The molecular formula is C21H19N3O3. The molecule has 0 aliphatic carbocycles. The zero-order valence-corrected chi connectivity index (χ0v) is 14.6. The number of benzene rings is 2. The summed E-state index contributed by atoms with van der Waals surface area (Å²) in [5, 5.41) is 3.51. The first-order valence-electron chi connectivity index (χ1n) is 8.88. The molecule has 0 unspecified atom stereocenters. The zero-order valence-electron chi connectivity index (χ0n) is 14.6. The summed E-state index contributed by atoms with van der Waals surface area (Å²) in [5.74, 6) is -0.472. The van der Waals surface area contributed by atoms with Gasteiger partial charge < -0.3 is 15.2 Å². The lowest BCUT2D eigenvalue weighted by molar-refractivity contribution is -0.127. The standard InChI is InChI=1S/C21H19N3O3/c25-19-13-16(15-8-4-5-9-17(15)23-19)21(27)24-11-10-22-20(26)18(24)12-14-6-2-1-3-7-14/h1-9,13,18H,10-12H2,(H,22,26)(H,23,25)/t18-/m0/s1. The minimum atomic E-state index is -0.605. The van der Waals surface area contributed by atoms with Crippen LogP contribution in [-0.2, 0) is 11.2 Å². The molecule has 136 valence electrons. The Kier molecular flexibility index (Phi) is 4.46. The predicted octanol–water partition coefficient (Wildman–Crippen LogP) is 1.71. The van der Waals surface area contributed by atoms with Gasteiger partial charge in [-0.2, -0.15) is 0 Å². The van der Waals surface area contributed by atoms with Gasteiger partial charge in [0.2, 0.25) is 11.5 Å². The van der Waals surface area contributed by atoms with Crippen molar-refractivity contribution in [3.05, 3.63) is 82.1 Å². The Morgan fingerprint density at radius 3 is 2.59 bits per heavy atom. The largest absolute Gasteiger partial charge is 0.353 e. The van der Waals surface area contributed by atoms with Crippen LogP contribution in [0.2, 0.25) is 0 Å². The maximum Gasteiger partial charge on any atom is 0.255 e. The fourth-order valence-electron chi connectivity index (χ4n) is 3.53. The highest BCUT2D eigenvalue weighted by atomic mass is 16.2. The molecule has 3 aromatic rings. The number of nitrogens with zero attached hydrogens (tertiary/aromatic N) is 1. The number of fused-ring (bicyclic) bond motifs is 1. The fourth-order valence-corrected chi connectivity index (χ4v) is 3.53. The maximum absolute atomic E-state index is 13.3. The lowest BCUT2D eigenvalue weighted by atomic mass is 10.00. The molecule has 27 heavy (non-hydrogen) atoms. The van der Waals surface area contributed by atoms with Gasteiger partial charge in [-0.1, -0.05) is 48.5 Å². The van der Waals surface area contributed by atoms with E-state index in [0.717, 1.165) is 5.56 Å². The average Bonchev–Trinajstić information content (AvgIpc) is 2.69. The van der Waals surface area contributed by atoms with Gasteiger partial charge in [0.05, 0.1) is 5.56 Å². The molecule has 4 rings (SSSR count). The minimum Gasteiger partial charge on any atom is -0.353 e. The van der Waals surface area contributed by atoms with Crippen molar-refractivity contribution in [1.29, 1.82) is 0 Å². The van der Waals surface area contributed by atoms with Crippen molar-refractivity contribution in [3.8, 4) is 0 Å². The van der Waals surface area contributed by atoms with Crippen LogP contribution in [0.5, 0.6) is 0 Å². The van der Waals surface area contributed by atoms with Crippen LogP contribution in [0.25, 0.3) is 10.9 Å². The van der Waals surface area contributed by atoms with Gasteiger partial charge in [0, 0.05) is 36.5 Å². The van der Waals surface area contributed by atoms with Crippen LogP contribution in [0.15, 0.2) is 65.5 Å². The zero-order chi connectivity index (χ0) is 18.8. The minimum absolute atomic E-state index is 0.174. The summed E-state index contributed by atoms with van der Waals surface area (Å²) in [7, 11) is 0. The quantitative estimate of drug-likeness (QED) is 0.745. The molecule has 0 bridgehead atoms. The van der Waals surface area contributed by atoms with Crippen molar-refractivity contribution in [2.75, 3.05) is 13.1 Å². The highest BCUT2D eigenvalue weighted by molar-refractivity contribution is 6.07. The van der Waals surface area contributed by atoms with Crippen LogP contribution in [0, 0.1) is 0 Å². The van der Waals surface area contributed by atoms with Gasteiger partial charge in [0.1, 0.15) is 6.04 Å². The SMILES string of the molecule is O=C1NCCN(C(=O)c2cc(=O)[nH]c3ccccc23)[C@H]1Cc1ccccc1. The number of hydrogen-bond donors (Lipinski definition) is 2. The first kappa shape index (κ1) is 17.0. The Labute approximate surface area is 155 Å². The molecule has 1 atom stereocenters. The molecule has 0 radical (unpaired) electrons. The molecule has 1 saturated heterocycles. The molecule has 1 aromatic heterocycles. The summed E-state index contributed by atoms with van der Waals surface area (Å²) < 4.78 is 0. The number of hydrogen-bond acceptors (Lipinski definition) is 3. The van der Waals surface area contributed by atoms with Crippen LogP contribution < -0.4 is 10.9 Å². The van der Waals surface area contributed by atoms with E-state index in [0.29, 0.717) is 36.0 Å². The molecule has 1 fully saturated rings. The summed E-state index contributed by atoms with van der Waals surface area (Å²) in [6, 6.07) is 17.5. The van der Waals surface area contributed by atoms with Gasteiger partial charge in [-0.3, -0.25) is 14.4 Å². The second kappa shape index (κ2) is 7.07. The van der Waals surface area contributed by atoms with Crippen molar-refractivity contribution >= 4 is 22.7 Å². The molecule has 2 aromatic carbocycles. The second-order valence-electron chi connectivity index (χ2n) is 6.59. The molecule has 2 N–H and O–H groups in total. The first-order valence-corrected chi connectivity index (χ1v) is 8.88. The molecule has 0 spiro atoms. The monoisotopic (exact) mass is 361 g/mol. The topological polar surface area (TPSA) is 82.3 Å². The Balaban J connectivity index is 1.73. The molecule has 2 heterocycles. The van der Waals surface area contributed by atoms with Crippen LogP contribution in [0.3, 0.4) is 0 Å². The van der Waals surface area contributed by atoms with Crippen LogP contribution in [-0.4, -0.2) is 40.8 Å². The van der Waals surface area contributed by atoms with Gasteiger partial charge in [0.15, 0.2) is 0 Å². The number of piperazine rings is 1. The highest BCUT2D eigenvalue weighted by Gasteiger charge is 2.34. The lowest BCUT2D eigenvalue weighted by Gasteiger charge is -2.35. The van der Waals surface area contributed by atoms with Gasteiger partial charge in [-0.15, -0.1) is 0 Å². The normalized spacial score (nSPS) is 17.0. The lowest BCUT2D eigenvalue weighted by Crippen LogP contribution is -2.58. The second-order valence-corrected chi connectivity index (χ2v) is 6.59. The number of carbonyl (C=O) groups excluding carboxylic acids is 2. The van der Waals surface area contributed by atoms with Crippen LogP contribution >= 0.6 is 0 Å². The van der Waals surface area contributed by atoms with Gasteiger partial charge in [0.25, 0.3) is 5.91 Å². The summed E-state index contributed by atoms with van der Waals surface area (Å²) in [6.45, 7) is 0.806. The van der Waals surface area contributed by atoms with Crippen molar-refractivity contribution in [1.82, 2.24) is 15.2 Å². The van der Waals surface area contributed by atoms with E-state index in [4.69, 9.17) is 0 Å². The van der Waals surface area contributed by atoms with E-state index in [9.17, 15) is 14.4 Å². The summed E-state index contributed by atoms with van der Waals surface area (Å²) in [5.41, 5.74) is 1.57. The Hall–Kier alpha value is -3.41. The van der Waals surface area contributed by atoms with E-state index in [1.165, 1.54) is 6.07 Å². The Bertz CT molecular complexity index is 1060.